The second-order valence-electron chi connectivity index (χ2n) is 7.18. The molecule has 0 spiro atoms. The summed E-state index contributed by atoms with van der Waals surface area (Å²) in [5.41, 5.74) is 0.296. The fraction of sp³-hybridized carbons (Fsp3) is 0.750. The summed E-state index contributed by atoms with van der Waals surface area (Å²) >= 11 is 0. The van der Waals surface area contributed by atoms with Crippen molar-refractivity contribution in [2.75, 3.05) is 13.1 Å². The van der Waals surface area contributed by atoms with Crippen LogP contribution in [0.3, 0.4) is 0 Å². The molecule has 1 fully saturated rings. The van der Waals surface area contributed by atoms with Crippen molar-refractivity contribution in [1.29, 1.82) is 0 Å². The topological polar surface area (TPSA) is 37.2 Å². The third-order valence-corrected chi connectivity index (χ3v) is 4.09. The molecule has 2 rings (SSSR count). The van der Waals surface area contributed by atoms with Crippen molar-refractivity contribution >= 4 is 0 Å². The van der Waals surface area contributed by atoms with Gasteiger partial charge in [0, 0.05) is 23.5 Å². The molecule has 0 radical (unpaired) electrons. The summed E-state index contributed by atoms with van der Waals surface area (Å²) in [6, 6.07) is 4.75. The lowest BCUT2D eigenvalue weighted by Gasteiger charge is -2.38. The van der Waals surface area contributed by atoms with Gasteiger partial charge in [0.05, 0.1) is 0 Å². The maximum Gasteiger partial charge on any atom is 0.111 e. The van der Waals surface area contributed by atoms with E-state index in [1.165, 1.54) is 12.8 Å². The van der Waals surface area contributed by atoms with Crippen LogP contribution in [0.5, 0.6) is 0 Å². The van der Waals surface area contributed by atoms with Gasteiger partial charge in [-0.3, -0.25) is 0 Å². The van der Waals surface area contributed by atoms with E-state index in [4.69, 9.17) is 4.42 Å². The molecule has 19 heavy (non-hydrogen) atoms. The monoisotopic (exact) mass is 264 g/mol. The fourth-order valence-electron chi connectivity index (χ4n) is 2.83. The van der Waals surface area contributed by atoms with E-state index < -0.39 is 0 Å². The Balaban J connectivity index is 1.91. The van der Waals surface area contributed by atoms with Gasteiger partial charge in [-0.25, -0.2) is 0 Å². The molecule has 1 unspecified atom stereocenters. The molecule has 0 saturated carbocycles. The minimum atomic E-state index is 0.0449. The Hall–Kier alpha value is -0.800. The Bertz CT molecular complexity index is 420. The van der Waals surface area contributed by atoms with Crippen LogP contribution in [0.1, 0.15) is 52.1 Å². The summed E-state index contributed by atoms with van der Waals surface area (Å²) in [4.78, 5) is 0. The normalized spacial score (nSPS) is 23.5. The Kier molecular flexibility index (Phi) is 4.07. The van der Waals surface area contributed by atoms with Crippen LogP contribution >= 0.6 is 0 Å². The molecule has 3 nitrogen and oxygen atoms in total. The van der Waals surface area contributed by atoms with E-state index in [9.17, 15) is 0 Å². The molecule has 0 aromatic carbocycles. The highest BCUT2D eigenvalue weighted by Crippen LogP contribution is 2.25. The second kappa shape index (κ2) is 5.29. The quantitative estimate of drug-likeness (QED) is 0.878. The van der Waals surface area contributed by atoms with Crippen molar-refractivity contribution < 1.29 is 4.42 Å². The molecule has 1 aromatic rings. The Morgan fingerprint density at radius 2 is 2.16 bits per heavy atom. The molecule has 2 heterocycles. The van der Waals surface area contributed by atoms with Crippen molar-refractivity contribution in [1.82, 2.24) is 10.6 Å². The molecule has 1 aliphatic heterocycles. The maximum absolute atomic E-state index is 5.78. The van der Waals surface area contributed by atoms with Crippen molar-refractivity contribution in [3.8, 4) is 0 Å². The largest absolute Gasteiger partial charge is 0.466 e. The minimum Gasteiger partial charge on any atom is -0.466 e. The Labute approximate surface area is 117 Å². The zero-order chi connectivity index (χ0) is 14.1. The smallest absolute Gasteiger partial charge is 0.111 e. The predicted molar refractivity (Wildman–Crippen MR) is 79.6 cm³/mol. The molecule has 1 saturated heterocycles. The van der Waals surface area contributed by atoms with Crippen LogP contribution in [-0.2, 0) is 5.41 Å². The van der Waals surface area contributed by atoms with Crippen LogP contribution in [0, 0.1) is 6.92 Å². The molecule has 0 aliphatic carbocycles. The molecule has 2 N–H and O–H groups in total. The highest BCUT2D eigenvalue weighted by molar-refractivity contribution is 5.15. The summed E-state index contributed by atoms with van der Waals surface area (Å²) in [5.74, 6) is 2.07. The first-order valence-electron chi connectivity index (χ1n) is 7.34. The third kappa shape index (κ3) is 3.83. The fourth-order valence-corrected chi connectivity index (χ4v) is 2.83. The molecule has 1 atom stereocenters. The third-order valence-electron chi connectivity index (χ3n) is 4.09. The number of hydrogen-bond acceptors (Lipinski definition) is 3. The summed E-state index contributed by atoms with van der Waals surface area (Å²) in [6.07, 6.45) is 2.39. The van der Waals surface area contributed by atoms with Crippen molar-refractivity contribution in [2.45, 2.75) is 64.5 Å². The van der Waals surface area contributed by atoms with E-state index in [1.807, 2.05) is 13.0 Å². The second-order valence-corrected chi connectivity index (χ2v) is 7.18. The van der Waals surface area contributed by atoms with Gasteiger partial charge in [0.15, 0.2) is 0 Å². The minimum absolute atomic E-state index is 0.0449. The van der Waals surface area contributed by atoms with Crippen molar-refractivity contribution in [3.05, 3.63) is 23.7 Å². The summed E-state index contributed by atoms with van der Waals surface area (Å²) in [5, 5.41) is 7.29. The van der Waals surface area contributed by atoms with Gasteiger partial charge in [-0.2, -0.15) is 0 Å². The Morgan fingerprint density at radius 1 is 1.42 bits per heavy atom. The number of nitrogens with one attached hydrogen (secondary N) is 2. The van der Waals surface area contributed by atoms with Gasteiger partial charge in [-0.1, -0.05) is 13.8 Å². The molecular weight excluding hydrogens is 236 g/mol. The molecule has 3 heteroatoms. The first-order chi connectivity index (χ1) is 8.78. The van der Waals surface area contributed by atoms with E-state index in [0.29, 0.717) is 6.04 Å². The first kappa shape index (κ1) is 14.6. The van der Waals surface area contributed by atoms with Crippen molar-refractivity contribution in [2.24, 2.45) is 0 Å². The van der Waals surface area contributed by atoms with Gasteiger partial charge >= 0.3 is 0 Å². The summed E-state index contributed by atoms with van der Waals surface area (Å²) in [7, 11) is 0. The van der Waals surface area contributed by atoms with Gasteiger partial charge in [-0.15, -0.1) is 0 Å². The number of hydrogen-bond donors (Lipinski definition) is 2. The van der Waals surface area contributed by atoms with Crippen molar-refractivity contribution in [3.63, 3.8) is 0 Å². The van der Waals surface area contributed by atoms with Gasteiger partial charge in [0.2, 0.25) is 0 Å². The lowest BCUT2D eigenvalue weighted by atomic mass is 9.86. The van der Waals surface area contributed by atoms with Crippen LogP contribution in [0.25, 0.3) is 0 Å². The van der Waals surface area contributed by atoms with E-state index in [1.54, 1.807) is 0 Å². The molecule has 108 valence electrons. The van der Waals surface area contributed by atoms with Crippen LogP contribution in [0.15, 0.2) is 16.5 Å². The molecular formula is C16H28N2O. The van der Waals surface area contributed by atoms with Crippen LogP contribution in [-0.4, -0.2) is 24.7 Å². The number of furan rings is 1. The molecule has 1 aromatic heterocycles. The zero-order valence-corrected chi connectivity index (χ0v) is 13.0. The molecule has 0 amide bonds. The Morgan fingerprint density at radius 3 is 2.74 bits per heavy atom. The number of rotatable bonds is 4. The predicted octanol–water partition coefficient (Wildman–Crippen LogP) is 2.99. The summed E-state index contributed by atoms with van der Waals surface area (Å²) in [6.45, 7) is 13.1. The highest BCUT2D eigenvalue weighted by atomic mass is 16.3. The highest BCUT2D eigenvalue weighted by Gasteiger charge is 2.30. The number of aryl methyl sites for hydroxylation is 1. The van der Waals surface area contributed by atoms with Gasteiger partial charge < -0.3 is 15.1 Å². The van der Waals surface area contributed by atoms with E-state index in [2.05, 4.69) is 44.4 Å². The van der Waals surface area contributed by atoms with E-state index in [-0.39, 0.29) is 11.0 Å². The zero-order valence-electron chi connectivity index (χ0n) is 13.0. The van der Waals surface area contributed by atoms with E-state index >= 15 is 0 Å². The van der Waals surface area contributed by atoms with Gasteiger partial charge in [0.25, 0.3) is 0 Å². The summed E-state index contributed by atoms with van der Waals surface area (Å²) < 4.78 is 5.78. The van der Waals surface area contributed by atoms with Crippen LogP contribution < -0.4 is 10.6 Å². The average molecular weight is 264 g/mol. The first-order valence-corrected chi connectivity index (χ1v) is 7.34. The van der Waals surface area contributed by atoms with Crippen LogP contribution in [0.4, 0.5) is 0 Å². The maximum atomic E-state index is 5.78. The molecule has 0 bridgehead atoms. The van der Waals surface area contributed by atoms with Gasteiger partial charge in [-0.05, 0) is 52.3 Å². The lowest BCUT2D eigenvalue weighted by molar-refractivity contribution is 0.235. The van der Waals surface area contributed by atoms with Crippen LogP contribution in [0.2, 0.25) is 0 Å². The van der Waals surface area contributed by atoms with E-state index in [0.717, 1.165) is 24.6 Å². The number of piperidine rings is 1. The van der Waals surface area contributed by atoms with Gasteiger partial charge in [0.1, 0.15) is 11.5 Å². The average Bonchev–Trinajstić information content (AvgIpc) is 2.73. The SMILES string of the molecule is Cc1ccc(C(C)(C)CNC2CCNC(C)(C)C2)o1. The molecule has 1 aliphatic rings. The standard InChI is InChI=1S/C16H28N2O/c1-12-6-7-14(19-12)15(2,3)11-17-13-8-9-18-16(4,5)10-13/h6-7,13,17-18H,8-11H2,1-5H3. The lowest BCUT2D eigenvalue weighted by Crippen LogP contribution is -2.53.